The Morgan fingerprint density at radius 3 is 2.61 bits per heavy atom. The van der Waals surface area contributed by atoms with Crippen molar-refractivity contribution in [2.24, 2.45) is 5.10 Å². The quantitative estimate of drug-likeness (QED) is 0.765. The van der Waals surface area contributed by atoms with E-state index in [1.54, 1.807) is 0 Å². The number of rotatable bonds is 5. The molecule has 5 nitrogen and oxygen atoms in total. The summed E-state index contributed by atoms with van der Waals surface area (Å²) in [6, 6.07) is 0.868. The van der Waals surface area contributed by atoms with Crippen molar-refractivity contribution in [2.45, 2.75) is 71.6 Å². The molecule has 23 heavy (non-hydrogen) atoms. The molecule has 126 valence electrons. The van der Waals surface area contributed by atoms with Gasteiger partial charge in [-0.25, -0.2) is 0 Å². The lowest BCUT2D eigenvalue weighted by Gasteiger charge is -2.39. The van der Waals surface area contributed by atoms with Crippen molar-refractivity contribution in [3.05, 3.63) is 23.4 Å². The Kier molecular flexibility index (Phi) is 3.97. The van der Waals surface area contributed by atoms with Gasteiger partial charge in [-0.1, -0.05) is 10.7 Å². The first kappa shape index (κ1) is 16.4. The van der Waals surface area contributed by atoms with E-state index in [4.69, 9.17) is 5.10 Å². The summed E-state index contributed by atoms with van der Waals surface area (Å²) in [4.78, 5) is 12.8. The predicted octanol–water partition coefficient (Wildman–Crippen LogP) is 2.42. The van der Waals surface area contributed by atoms with Crippen LogP contribution in [0.4, 0.5) is 0 Å². The fourth-order valence-corrected chi connectivity index (χ4v) is 3.58. The monoisotopic (exact) mass is 317 g/mol. The Balaban J connectivity index is 1.83. The molecule has 0 aromatic rings. The molecule has 5 heteroatoms. The maximum atomic E-state index is 12.8. The van der Waals surface area contributed by atoms with Crippen LogP contribution in [-0.4, -0.2) is 40.5 Å². The average molecular weight is 317 g/mol. The minimum atomic E-state index is -0.311. The highest BCUT2D eigenvalue weighted by Crippen LogP contribution is 2.31. The van der Waals surface area contributed by atoms with Crippen molar-refractivity contribution in [1.82, 2.24) is 10.6 Å². The number of carbonyl (C=O) groups is 1. The second-order valence-corrected chi connectivity index (χ2v) is 7.84. The largest absolute Gasteiger partial charge is 0.334 e. The van der Waals surface area contributed by atoms with Gasteiger partial charge in [-0.05, 0) is 47.5 Å². The third kappa shape index (κ3) is 3.26. The summed E-state index contributed by atoms with van der Waals surface area (Å²) in [5, 5.41) is 11.6. The Labute approximate surface area is 139 Å². The smallest absolute Gasteiger partial charge is 0.254 e. The summed E-state index contributed by atoms with van der Waals surface area (Å²) in [6.07, 6.45) is 7.45. The summed E-state index contributed by atoms with van der Waals surface area (Å²) in [5.74, 6) is 0.0516. The van der Waals surface area contributed by atoms with Gasteiger partial charge in [-0.15, -0.1) is 0 Å². The molecule has 0 bridgehead atoms. The lowest BCUT2D eigenvalue weighted by atomic mass is 9.92. The Morgan fingerprint density at radius 2 is 2.13 bits per heavy atom. The van der Waals surface area contributed by atoms with Gasteiger partial charge in [-0.2, -0.15) is 4.59 Å². The molecule has 2 aliphatic heterocycles. The molecule has 3 rings (SSSR count). The van der Waals surface area contributed by atoms with Gasteiger partial charge in [0.2, 0.25) is 0 Å². The van der Waals surface area contributed by atoms with Gasteiger partial charge in [0.1, 0.15) is 18.8 Å². The van der Waals surface area contributed by atoms with Crippen LogP contribution in [0.15, 0.2) is 28.5 Å². The van der Waals surface area contributed by atoms with Crippen LogP contribution in [0.2, 0.25) is 0 Å². The summed E-state index contributed by atoms with van der Waals surface area (Å²) < 4.78 is 0.485. The molecule has 1 fully saturated rings. The number of amides is 1. The van der Waals surface area contributed by atoms with E-state index in [9.17, 15) is 4.79 Å². The van der Waals surface area contributed by atoms with E-state index in [0.717, 1.165) is 17.7 Å². The van der Waals surface area contributed by atoms with Crippen molar-refractivity contribution in [3.8, 4) is 0 Å². The molecule has 3 aliphatic rings. The molecule has 1 saturated carbocycles. The highest BCUT2D eigenvalue weighted by atomic mass is 16.2. The van der Waals surface area contributed by atoms with Gasteiger partial charge in [0.05, 0.1) is 16.9 Å². The molecule has 0 spiro atoms. The standard InChI is InChI=1S/C18H28N4O/c1-12(2)22(9-8-14(4)21-22)11-16-13(3)10-18(5,20-17(16)23)19-15-6-7-15/h8-9,12,15,19H,6-7,10-11H2,1-5H3/p+1. The minimum absolute atomic E-state index is 0.0516. The van der Waals surface area contributed by atoms with E-state index in [1.165, 1.54) is 18.4 Å². The van der Waals surface area contributed by atoms with Crippen molar-refractivity contribution < 1.29 is 9.39 Å². The van der Waals surface area contributed by atoms with Gasteiger partial charge in [0.15, 0.2) is 0 Å². The van der Waals surface area contributed by atoms with E-state index >= 15 is 0 Å². The molecule has 2 N–H and O–H groups in total. The summed E-state index contributed by atoms with van der Waals surface area (Å²) in [6.45, 7) is 11.1. The van der Waals surface area contributed by atoms with Crippen molar-refractivity contribution in [1.29, 1.82) is 0 Å². The van der Waals surface area contributed by atoms with Crippen molar-refractivity contribution >= 4 is 11.6 Å². The highest BCUT2D eigenvalue weighted by molar-refractivity contribution is 5.96. The highest BCUT2D eigenvalue weighted by Gasteiger charge is 2.42. The van der Waals surface area contributed by atoms with Gasteiger partial charge in [0, 0.05) is 18.5 Å². The summed E-state index contributed by atoms with van der Waals surface area (Å²) in [7, 11) is 0. The Morgan fingerprint density at radius 1 is 1.43 bits per heavy atom. The van der Waals surface area contributed by atoms with Crippen LogP contribution >= 0.6 is 0 Å². The number of allylic oxidation sites excluding steroid dienone is 1. The van der Waals surface area contributed by atoms with E-state index in [-0.39, 0.29) is 11.6 Å². The molecule has 2 unspecified atom stereocenters. The summed E-state index contributed by atoms with van der Waals surface area (Å²) in [5.41, 5.74) is 2.77. The zero-order valence-electron chi connectivity index (χ0n) is 14.9. The number of nitrogens with zero attached hydrogens (tertiary/aromatic N) is 2. The molecule has 0 saturated heterocycles. The van der Waals surface area contributed by atoms with Crippen LogP contribution in [0, 0.1) is 0 Å². The van der Waals surface area contributed by atoms with Crippen molar-refractivity contribution in [3.63, 3.8) is 0 Å². The molecule has 0 aromatic carbocycles. The molecular formula is C18H29N4O+. The molecule has 1 amide bonds. The zero-order chi connectivity index (χ0) is 16.8. The third-order valence-electron chi connectivity index (χ3n) is 5.12. The van der Waals surface area contributed by atoms with E-state index in [0.29, 0.717) is 23.2 Å². The maximum Gasteiger partial charge on any atom is 0.254 e. The van der Waals surface area contributed by atoms with Crippen LogP contribution < -0.4 is 10.6 Å². The van der Waals surface area contributed by atoms with Crippen LogP contribution in [-0.2, 0) is 4.79 Å². The van der Waals surface area contributed by atoms with E-state index in [1.807, 2.05) is 6.92 Å². The molecular weight excluding hydrogens is 288 g/mol. The van der Waals surface area contributed by atoms with Gasteiger partial charge < -0.3 is 5.32 Å². The van der Waals surface area contributed by atoms with Crippen LogP contribution in [0.3, 0.4) is 0 Å². The van der Waals surface area contributed by atoms with Crippen molar-refractivity contribution in [2.75, 3.05) is 6.54 Å². The number of nitrogens with one attached hydrogen (secondary N) is 2. The molecule has 2 heterocycles. The van der Waals surface area contributed by atoms with Crippen LogP contribution in [0.25, 0.3) is 0 Å². The first-order chi connectivity index (χ1) is 10.7. The minimum Gasteiger partial charge on any atom is -0.334 e. The number of hydrogen-bond donors (Lipinski definition) is 2. The molecule has 2 atom stereocenters. The topological polar surface area (TPSA) is 53.5 Å². The van der Waals surface area contributed by atoms with Crippen LogP contribution in [0.1, 0.15) is 53.9 Å². The fraction of sp³-hybridized carbons (Fsp3) is 0.667. The lowest BCUT2D eigenvalue weighted by Crippen LogP contribution is -2.61. The average Bonchev–Trinajstić information content (AvgIpc) is 3.14. The van der Waals surface area contributed by atoms with E-state index < -0.39 is 0 Å². The predicted molar refractivity (Wildman–Crippen MR) is 92.5 cm³/mol. The normalized spacial score (nSPS) is 34.2. The fourth-order valence-electron chi connectivity index (χ4n) is 3.58. The van der Waals surface area contributed by atoms with Gasteiger partial charge in [0.25, 0.3) is 5.91 Å². The first-order valence-electron chi connectivity index (χ1n) is 8.65. The Hall–Kier alpha value is -1.46. The second kappa shape index (κ2) is 5.56. The van der Waals surface area contributed by atoms with Crippen LogP contribution in [0.5, 0.6) is 0 Å². The first-order valence-corrected chi connectivity index (χ1v) is 8.65. The molecule has 0 radical (unpaired) electrons. The summed E-state index contributed by atoms with van der Waals surface area (Å²) >= 11 is 0. The number of quaternary nitrogens is 1. The lowest BCUT2D eigenvalue weighted by molar-refractivity contribution is -0.900. The third-order valence-corrected chi connectivity index (χ3v) is 5.12. The van der Waals surface area contributed by atoms with Gasteiger partial charge in [-0.3, -0.25) is 10.1 Å². The molecule has 0 aromatic heterocycles. The number of hydrogen-bond acceptors (Lipinski definition) is 3. The maximum absolute atomic E-state index is 12.8. The SMILES string of the molecule is CC1=N[N+](CC2=C(C)CC(C)(NC3CC3)NC2=O)(C(C)C)C=C1. The van der Waals surface area contributed by atoms with Gasteiger partial charge >= 0.3 is 0 Å². The second-order valence-electron chi connectivity index (χ2n) is 7.84. The molecule has 1 aliphatic carbocycles. The van der Waals surface area contributed by atoms with E-state index in [2.05, 4.69) is 50.6 Å². The Bertz CT molecular complexity index is 615. The number of carbonyl (C=O) groups excluding carboxylic acids is 1. The zero-order valence-corrected chi connectivity index (χ0v) is 14.9.